The van der Waals surface area contributed by atoms with E-state index in [0.29, 0.717) is 36.9 Å². The van der Waals surface area contributed by atoms with Gasteiger partial charge in [0.15, 0.2) is 0 Å². The molecule has 1 heterocycles. The topological polar surface area (TPSA) is 78.9 Å². The molecule has 0 unspecified atom stereocenters. The Hall–Kier alpha value is -1.79. The standard InChI is InChI=1S/C15H19ClN2O4/c16-11-3-5-12(6-4-11)22-9-7-17-14(19)10-18-8-1-2-13(18)15(20)21/h3-6,13H,1-2,7-10H2,(H,17,19)(H,20,21)/t13-/m1/s1. The summed E-state index contributed by atoms with van der Waals surface area (Å²) < 4.78 is 5.46. The number of nitrogens with one attached hydrogen (secondary N) is 1. The summed E-state index contributed by atoms with van der Waals surface area (Å²) in [6.07, 6.45) is 1.41. The van der Waals surface area contributed by atoms with E-state index >= 15 is 0 Å². The van der Waals surface area contributed by atoms with Crippen molar-refractivity contribution in [2.75, 3.05) is 26.2 Å². The quantitative estimate of drug-likeness (QED) is 0.740. The molecule has 2 rings (SSSR count). The van der Waals surface area contributed by atoms with Gasteiger partial charge in [0, 0.05) is 5.02 Å². The maximum atomic E-state index is 11.8. The number of carbonyl (C=O) groups is 2. The lowest BCUT2D eigenvalue weighted by molar-refractivity contribution is -0.142. The first-order valence-corrected chi connectivity index (χ1v) is 7.56. The van der Waals surface area contributed by atoms with Gasteiger partial charge in [-0.15, -0.1) is 0 Å². The molecule has 1 atom stereocenters. The molecule has 6 nitrogen and oxygen atoms in total. The smallest absolute Gasteiger partial charge is 0.320 e. The van der Waals surface area contributed by atoms with Crippen molar-refractivity contribution in [2.24, 2.45) is 0 Å². The highest BCUT2D eigenvalue weighted by molar-refractivity contribution is 6.30. The Morgan fingerprint density at radius 3 is 2.77 bits per heavy atom. The van der Waals surface area contributed by atoms with Gasteiger partial charge in [-0.2, -0.15) is 0 Å². The molecule has 22 heavy (non-hydrogen) atoms. The summed E-state index contributed by atoms with van der Waals surface area (Å²) in [6, 6.07) is 6.43. The van der Waals surface area contributed by atoms with Crippen LogP contribution in [-0.2, 0) is 9.59 Å². The molecule has 0 radical (unpaired) electrons. The number of halogens is 1. The van der Waals surface area contributed by atoms with Gasteiger partial charge in [0.25, 0.3) is 0 Å². The first-order chi connectivity index (χ1) is 10.6. The second-order valence-electron chi connectivity index (χ2n) is 5.12. The van der Waals surface area contributed by atoms with Crippen molar-refractivity contribution in [1.29, 1.82) is 0 Å². The van der Waals surface area contributed by atoms with Crippen molar-refractivity contribution in [1.82, 2.24) is 10.2 Å². The number of carbonyl (C=O) groups excluding carboxylic acids is 1. The summed E-state index contributed by atoms with van der Waals surface area (Å²) in [6.45, 7) is 1.46. The molecule has 1 amide bonds. The minimum Gasteiger partial charge on any atom is -0.492 e. The number of benzene rings is 1. The molecule has 0 bridgehead atoms. The van der Waals surface area contributed by atoms with Gasteiger partial charge in [-0.25, -0.2) is 0 Å². The number of carboxylic acid groups (broad SMARTS) is 1. The Labute approximate surface area is 134 Å². The maximum Gasteiger partial charge on any atom is 0.320 e. The van der Waals surface area contributed by atoms with Gasteiger partial charge in [0.05, 0.1) is 13.1 Å². The number of aliphatic carboxylic acids is 1. The van der Waals surface area contributed by atoms with Crippen LogP contribution in [0, 0.1) is 0 Å². The number of hydrogen-bond donors (Lipinski definition) is 2. The van der Waals surface area contributed by atoms with E-state index < -0.39 is 12.0 Å². The Kier molecular flexibility index (Phi) is 6.03. The zero-order valence-corrected chi connectivity index (χ0v) is 12.9. The highest BCUT2D eigenvalue weighted by Gasteiger charge is 2.31. The molecule has 2 N–H and O–H groups in total. The third-order valence-electron chi connectivity index (χ3n) is 3.50. The fourth-order valence-electron chi connectivity index (χ4n) is 2.43. The molecule has 0 aliphatic carbocycles. The van der Waals surface area contributed by atoms with Crippen molar-refractivity contribution < 1.29 is 19.4 Å². The monoisotopic (exact) mass is 326 g/mol. The van der Waals surface area contributed by atoms with E-state index in [-0.39, 0.29) is 12.5 Å². The summed E-state index contributed by atoms with van der Waals surface area (Å²) in [4.78, 5) is 24.5. The van der Waals surface area contributed by atoms with Gasteiger partial charge in [-0.3, -0.25) is 14.5 Å². The molecule has 120 valence electrons. The molecule has 0 spiro atoms. The SMILES string of the molecule is O=C(CN1CCC[C@@H]1C(=O)O)NCCOc1ccc(Cl)cc1. The Balaban J connectivity index is 1.65. The predicted molar refractivity (Wildman–Crippen MR) is 82.2 cm³/mol. The summed E-state index contributed by atoms with van der Waals surface area (Å²) >= 11 is 5.77. The van der Waals surface area contributed by atoms with Crippen LogP contribution in [0.4, 0.5) is 0 Å². The van der Waals surface area contributed by atoms with E-state index in [1.165, 1.54) is 0 Å². The largest absolute Gasteiger partial charge is 0.492 e. The number of nitrogens with zero attached hydrogens (tertiary/aromatic N) is 1. The molecule has 0 saturated carbocycles. The van der Waals surface area contributed by atoms with Crippen molar-refractivity contribution in [2.45, 2.75) is 18.9 Å². The number of hydrogen-bond acceptors (Lipinski definition) is 4. The van der Waals surface area contributed by atoms with Crippen LogP contribution in [0.5, 0.6) is 5.75 Å². The summed E-state index contributed by atoms with van der Waals surface area (Å²) in [5.74, 6) is -0.367. The van der Waals surface area contributed by atoms with Crippen LogP contribution in [0.3, 0.4) is 0 Å². The highest BCUT2D eigenvalue weighted by atomic mass is 35.5. The first-order valence-electron chi connectivity index (χ1n) is 7.18. The fourth-order valence-corrected chi connectivity index (χ4v) is 2.55. The zero-order valence-electron chi connectivity index (χ0n) is 12.1. The van der Waals surface area contributed by atoms with E-state index in [0.717, 1.165) is 6.42 Å². The minimum atomic E-state index is -0.864. The van der Waals surface area contributed by atoms with Gasteiger partial charge >= 0.3 is 5.97 Å². The molecule has 1 aromatic carbocycles. The van der Waals surface area contributed by atoms with Crippen LogP contribution in [-0.4, -0.2) is 54.2 Å². The molecular weight excluding hydrogens is 308 g/mol. The maximum absolute atomic E-state index is 11.8. The second kappa shape index (κ2) is 8.00. The van der Waals surface area contributed by atoms with E-state index in [9.17, 15) is 9.59 Å². The van der Waals surface area contributed by atoms with E-state index in [4.69, 9.17) is 21.4 Å². The van der Waals surface area contributed by atoms with E-state index in [1.807, 2.05) is 0 Å². The highest BCUT2D eigenvalue weighted by Crippen LogP contribution is 2.17. The van der Waals surface area contributed by atoms with Crippen LogP contribution in [0.2, 0.25) is 5.02 Å². The lowest BCUT2D eigenvalue weighted by Gasteiger charge is -2.20. The number of ether oxygens (including phenoxy) is 1. The minimum absolute atomic E-state index is 0.109. The number of carboxylic acids is 1. The Morgan fingerprint density at radius 1 is 1.36 bits per heavy atom. The molecule has 1 aliphatic rings. The van der Waals surface area contributed by atoms with Gasteiger partial charge in [0.2, 0.25) is 5.91 Å². The zero-order chi connectivity index (χ0) is 15.9. The number of amides is 1. The molecule has 1 aromatic rings. The predicted octanol–water partition coefficient (Wildman–Crippen LogP) is 1.38. The summed E-state index contributed by atoms with van der Waals surface area (Å²) in [7, 11) is 0. The lowest BCUT2D eigenvalue weighted by Crippen LogP contribution is -2.43. The van der Waals surface area contributed by atoms with E-state index in [1.54, 1.807) is 29.2 Å². The summed E-state index contributed by atoms with van der Waals surface area (Å²) in [5, 5.41) is 12.4. The first kappa shape index (κ1) is 16.6. The van der Waals surface area contributed by atoms with Crippen LogP contribution in [0.1, 0.15) is 12.8 Å². The van der Waals surface area contributed by atoms with Gasteiger partial charge in [0.1, 0.15) is 18.4 Å². The lowest BCUT2D eigenvalue weighted by atomic mass is 10.2. The van der Waals surface area contributed by atoms with Crippen LogP contribution in [0.25, 0.3) is 0 Å². The van der Waals surface area contributed by atoms with Gasteiger partial charge in [-0.05, 0) is 43.7 Å². The molecule has 1 fully saturated rings. The molecule has 1 saturated heterocycles. The van der Waals surface area contributed by atoms with Crippen LogP contribution < -0.4 is 10.1 Å². The molecule has 1 aliphatic heterocycles. The average Bonchev–Trinajstić information content (AvgIpc) is 2.94. The molecular formula is C15H19ClN2O4. The summed E-state index contributed by atoms with van der Waals surface area (Å²) in [5.41, 5.74) is 0. The third kappa shape index (κ3) is 4.89. The normalized spacial score (nSPS) is 18.1. The second-order valence-corrected chi connectivity index (χ2v) is 5.56. The number of rotatable bonds is 7. The van der Waals surface area contributed by atoms with Crippen molar-refractivity contribution >= 4 is 23.5 Å². The average molecular weight is 327 g/mol. The van der Waals surface area contributed by atoms with Crippen molar-refractivity contribution in [3.05, 3.63) is 29.3 Å². The van der Waals surface area contributed by atoms with Crippen LogP contribution >= 0.6 is 11.6 Å². The molecule has 0 aromatic heterocycles. The Bertz CT molecular complexity index is 521. The van der Waals surface area contributed by atoms with Crippen molar-refractivity contribution in [3.63, 3.8) is 0 Å². The van der Waals surface area contributed by atoms with Gasteiger partial charge in [-0.1, -0.05) is 11.6 Å². The van der Waals surface area contributed by atoms with Gasteiger partial charge < -0.3 is 15.2 Å². The Morgan fingerprint density at radius 2 is 2.09 bits per heavy atom. The van der Waals surface area contributed by atoms with E-state index in [2.05, 4.69) is 5.32 Å². The van der Waals surface area contributed by atoms with Crippen LogP contribution in [0.15, 0.2) is 24.3 Å². The third-order valence-corrected chi connectivity index (χ3v) is 3.75. The number of likely N-dealkylation sites (tertiary alicyclic amines) is 1. The van der Waals surface area contributed by atoms with Crippen molar-refractivity contribution in [3.8, 4) is 5.75 Å². The fraction of sp³-hybridized carbons (Fsp3) is 0.467. The molecule has 7 heteroatoms.